The van der Waals surface area contributed by atoms with Gasteiger partial charge in [-0.25, -0.2) is 4.79 Å². The van der Waals surface area contributed by atoms with E-state index in [0.29, 0.717) is 28.7 Å². The van der Waals surface area contributed by atoms with E-state index in [1.165, 1.54) is 0 Å². The van der Waals surface area contributed by atoms with E-state index >= 15 is 0 Å². The molecule has 4 rings (SSSR count). The van der Waals surface area contributed by atoms with Gasteiger partial charge in [-0.2, -0.15) is 5.26 Å². The second kappa shape index (κ2) is 10.6. The maximum Gasteiger partial charge on any atom is 0.349 e. The van der Waals surface area contributed by atoms with Crippen LogP contribution in [0.4, 0.5) is 0 Å². The summed E-state index contributed by atoms with van der Waals surface area (Å²) in [6, 6.07) is 18.1. The number of ether oxygens (including phenoxy) is 4. The molecule has 2 N–H and O–H groups in total. The average Bonchev–Trinajstić information content (AvgIpc) is 2.86. The average molecular weight is 505 g/mol. The van der Waals surface area contributed by atoms with Gasteiger partial charge < -0.3 is 24.7 Å². The Morgan fingerprint density at radius 2 is 1.69 bits per heavy atom. The van der Waals surface area contributed by atoms with Gasteiger partial charge in [0.15, 0.2) is 6.61 Å². The van der Waals surface area contributed by atoms with Crippen molar-refractivity contribution in [3.05, 3.63) is 93.3 Å². The van der Waals surface area contributed by atoms with Gasteiger partial charge in [0.25, 0.3) is 0 Å². The lowest BCUT2D eigenvalue weighted by atomic mass is 9.83. The Morgan fingerprint density at radius 1 is 1.03 bits per heavy atom. The molecule has 0 aromatic heterocycles. The molecule has 1 aliphatic heterocycles. The monoisotopic (exact) mass is 504 g/mol. The Hall–Kier alpha value is -4.15. The summed E-state index contributed by atoms with van der Waals surface area (Å²) in [4.78, 5) is 12.4. The smallest absolute Gasteiger partial charge is 0.349 e. The lowest BCUT2D eigenvalue weighted by Crippen LogP contribution is -2.21. The first kappa shape index (κ1) is 25.0. The van der Waals surface area contributed by atoms with Crippen molar-refractivity contribution in [2.24, 2.45) is 5.73 Å². The van der Waals surface area contributed by atoms with E-state index < -0.39 is 11.9 Å². The molecule has 1 atom stereocenters. The number of nitrogens with two attached hydrogens (primary N) is 1. The van der Waals surface area contributed by atoms with Crippen LogP contribution in [0.3, 0.4) is 0 Å². The van der Waals surface area contributed by atoms with Crippen LogP contribution in [0.5, 0.6) is 23.0 Å². The summed E-state index contributed by atoms with van der Waals surface area (Å²) in [7, 11) is 0. The summed E-state index contributed by atoms with van der Waals surface area (Å²) in [6.45, 7) is 5.92. The van der Waals surface area contributed by atoms with Gasteiger partial charge in [-0.1, -0.05) is 29.8 Å². The molecule has 0 fully saturated rings. The number of carbonyl (C=O) groups is 1. The molecule has 3 aromatic rings. The first-order valence-electron chi connectivity index (χ1n) is 11.3. The minimum absolute atomic E-state index is 0.00386. The van der Waals surface area contributed by atoms with E-state index in [0.717, 1.165) is 28.0 Å². The number of halogens is 1. The van der Waals surface area contributed by atoms with Crippen molar-refractivity contribution in [2.75, 3.05) is 13.2 Å². The summed E-state index contributed by atoms with van der Waals surface area (Å²) < 4.78 is 22.3. The molecular formula is C28H25ClN2O5. The molecular weight excluding hydrogens is 480 g/mol. The number of allylic oxidation sites excluding steroid dienone is 1. The highest BCUT2D eigenvalue weighted by molar-refractivity contribution is 6.32. The van der Waals surface area contributed by atoms with Gasteiger partial charge in [-0.15, -0.1) is 0 Å². The summed E-state index contributed by atoms with van der Waals surface area (Å²) >= 11 is 6.18. The molecule has 1 unspecified atom stereocenters. The fraction of sp³-hybridized carbons (Fsp3) is 0.214. The Labute approximate surface area is 214 Å². The van der Waals surface area contributed by atoms with Crippen molar-refractivity contribution < 1.29 is 23.7 Å². The van der Waals surface area contributed by atoms with Crippen molar-refractivity contribution >= 4 is 17.6 Å². The molecule has 184 valence electrons. The minimum atomic E-state index is -0.583. The molecule has 3 aromatic carbocycles. The van der Waals surface area contributed by atoms with Crippen LogP contribution in [0.15, 0.2) is 66.1 Å². The summed E-state index contributed by atoms with van der Waals surface area (Å²) in [6.07, 6.45) is 0. The number of nitriles is 1. The number of carbonyl (C=O) groups excluding carboxylic acids is 1. The molecule has 0 saturated carbocycles. The molecule has 8 heteroatoms. The Balaban J connectivity index is 1.52. The molecule has 0 aliphatic carbocycles. The Bertz CT molecular complexity index is 1350. The highest BCUT2D eigenvalue weighted by Gasteiger charge is 2.31. The van der Waals surface area contributed by atoms with Crippen molar-refractivity contribution in [1.82, 2.24) is 0 Å². The third-order valence-corrected chi connectivity index (χ3v) is 6.31. The normalized spacial score (nSPS) is 14.4. The maximum absolute atomic E-state index is 12.4. The summed E-state index contributed by atoms with van der Waals surface area (Å²) in [5, 5.41) is 10.4. The van der Waals surface area contributed by atoms with Gasteiger partial charge in [-0.05, 0) is 67.8 Å². The fourth-order valence-corrected chi connectivity index (χ4v) is 4.17. The number of rotatable bonds is 7. The molecule has 0 bridgehead atoms. The number of benzene rings is 3. The lowest BCUT2D eigenvalue weighted by molar-refractivity contribution is -0.136. The molecule has 1 aliphatic rings. The second-order valence-corrected chi connectivity index (χ2v) is 8.64. The van der Waals surface area contributed by atoms with Gasteiger partial charge in [-0.3, -0.25) is 0 Å². The van der Waals surface area contributed by atoms with Crippen molar-refractivity contribution in [2.45, 2.75) is 26.7 Å². The lowest BCUT2D eigenvalue weighted by Gasteiger charge is -2.26. The van der Waals surface area contributed by atoms with Gasteiger partial charge in [0.1, 0.15) is 34.6 Å². The third-order valence-electron chi connectivity index (χ3n) is 5.71. The fourth-order valence-electron chi connectivity index (χ4n) is 4.06. The van der Waals surface area contributed by atoms with Gasteiger partial charge in [0.05, 0.1) is 12.5 Å². The van der Waals surface area contributed by atoms with Gasteiger partial charge in [0.2, 0.25) is 5.88 Å². The quantitative estimate of drug-likeness (QED) is 0.332. The highest BCUT2D eigenvalue weighted by Crippen LogP contribution is 2.43. The zero-order chi connectivity index (χ0) is 25.8. The van der Waals surface area contributed by atoms with E-state index in [2.05, 4.69) is 6.07 Å². The van der Waals surface area contributed by atoms with Crippen molar-refractivity contribution in [1.29, 1.82) is 5.26 Å². The number of fused-ring (bicyclic) bond motifs is 1. The second-order valence-electron chi connectivity index (χ2n) is 8.26. The van der Waals surface area contributed by atoms with E-state index in [9.17, 15) is 10.1 Å². The molecule has 0 spiro atoms. The third kappa shape index (κ3) is 5.24. The minimum Gasteiger partial charge on any atom is -0.494 e. The molecule has 0 saturated heterocycles. The molecule has 1 heterocycles. The van der Waals surface area contributed by atoms with E-state index in [-0.39, 0.29) is 18.2 Å². The van der Waals surface area contributed by atoms with E-state index in [1.807, 2.05) is 45.0 Å². The molecule has 7 nitrogen and oxygen atoms in total. The Morgan fingerprint density at radius 3 is 2.33 bits per heavy atom. The number of hydrogen-bond donors (Lipinski definition) is 1. The maximum atomic E-state index is 12.4. The van der Waals surface area contributed by atoms with Gasteiger partial charge in [0, 0.05) is 16.7 Å². The van der Waals surface area contributed by atoms with Crippen LogP contribution >= 0.6 is 11.6 Å². The number of nitrogens with zero attached hydrogens (tertiary/aromatic N) is 1. The van der Waals surface area contributed by atoms with Crippen LogP contribution in [0, 0.1) is 25.2 Å². The van der Waals surface area contributed by atoms with Crippen LogP contribution in [0.25, 0.3) is 0 Å². The van der Waals surface area contributed by atoms with Crippen LogP contribution in [-0.2, 0) is 4.79 Å². The van der Waals surface area contributed by atoms with Crippen molar-refractivity contribution in [3.8, 4) is 29.1 Å². The highest BCUT2D eigenvalue weighted by atomic mass is 35.5. The standard InChI is InChI=1S/C28H25ClN2O5/c1-4-33-19-7-5-18(6-8-19)26-22-10-9-20(13-24(22)36-28(31)23(26)14-30)35-25(32)15-34-21-11-16(2)27(29)17(3)12-21/h5-13,26H,4,15,31H2,1-3H3. The van der Waals surface area contributed by atoms with Crippen LogP contribution in [0.1, 0.15) is 35.1 Å². The van der Waals surface area contributed by atoms with Crippen LogP contribution < -0.4 is 24.7 Å². The first-order chi connectivity index (χ1) is 17.3. The number of hydrogen-bond acceptors (Lipinski definition) is 7. The first-order valence-corrected chi connectivity index (χ1v) is 11.7. The largest absolute Gasteiger partial charge is 0.494 e. The van der Waals surface area contributed by atoms with E-state index in [4.69, 9.17) is 36.3 Å². The van der Waals surface area contributed by atoms with Crippen LogP contribution in [-0.4, -0.2) is 19.2 Å². The van der Waals surface area contributed by atoms with E-state index in [1.54, 1.807) is 30.3 Å². The predicted octanol–water partition coefficient (Wildman–Crippen LogP) is 5.56. The zero-order valence-corrected chi connectivity index (χ0v) is 20.9. The molecule has 0 radical (unpaired) electrons. The van der Waals surface area contributed by atoms with Crippen LogP contribution in [0.2, 0.25) is 5.02 Å². The summed E-state index contributed by atoms with van der Waals surface area (Å²) in [5.74, 6) is 0.922. The zero-order valence-electron chi connectivity index (χ0n) is 20.1. The molecule has 36 heavy (non-hydrogen) atoms. The van der Waals surface area contributed by atoms with Crippen molar-refractivity contribution in [3.63, 3.8) is 0 Å². The Kier molecular flexibility index (Phi) is 7.37. The number of aryl methyl sites for hydroxylation is 2. The molecule has 0 amide bonds. The summed E-state index contributed by atoms with van der Waals surface area (Å²) in [5.41, 5.74) is 9.69. The topological polar surface area (TPSA) is 104 Å². The van der Waals surface area contributed by atoms with Gasteiger partial charge >= 0.3 is 5.97 Å². The SMILES string of the molecule is CCOc1ccc(C2C(C#N)=C(N)Oc3cc(OC(=O)COc4cc(C)c(Cl)c(C)c4)ccc32)cc1. The predicted molar refractivity (Wildman–Crippen MR) is 135 cm³/mol. The number of esters is 1.